The van der Waals surface area contributed by atoms with E-state index in [1.807, 2.05) is 42.5 Å². The van der Waals surface area contributed by atoms with Gasteiger partial charge in [-0.3, -0.25) is 4.79 Å². The number of likely N-dealkylation sites (tertiary alicyclic amines) is 1. The van der Waals surface area contributed by atoms with Gasteiger partial charge in [-0.15, -0.1) is 0 Å². The summed E-state index contributed by atoms with van der Waals surface area (Å²) in [6.07, 6.45) is 1.59. The Morgan fingerprint density at radius 1 is 1.04 bits per heavy atom. The van der Waals surface area contributed by atoms with Crippen LogP contribution >= 0.6 is 0 Å². The molecule has 1 heterocycles. The lowest BCUT2D eigenvalue weighted by Gasteiger charge is -2.32. The average molecular weight is 311 g/mol. The standard InChI is InChI=1S/C18H21N3O2/c1-13(22)19-15-9-11-21(12-10-15)18(23)20-17-8-4-6-14-5-2-3-7-16(14)17/h2-8,15H,9-12H2,1H3,(H,19,22)(H,20,23). The number of nitrogens with one attached hydrogen (secondary N) is 2. The number of hydrogen-bond acceptors (Lipinski definition) is 2. The van der Waals surface area contributed by atoms with E-state index in [-0.39, 0.29) is 18.0 Å². The molecule has 1 saturated heterocycles. The number of carbonyl (C=O) groups is 2. The quantitative estimate of drug-likeness (QED) is 0.895. The molecular weight excluding hydrogens is 290 g/mol. The van der Waals surface area contributed by atoms with Crippen LogP contribution in [0.2, 0.25) is 0 Å². The zero-order valence-electron chi connectivity index (χ0n) is 13.2. The lowest BCUT2D eigenvalue weighted by atomic mass is 10.1. The molecule has 0 spiro atoms. The largest absolute Gasteiger partial charge is 0.353 e. The van der Waals surface area contributed by atoms with Crippen LogP contribution in [0.1, 0.15) is 19.8 Å². The first-order valence-electron chi connectivity index (χ1n) is 7.94. The van der Waals surface area contributed by atoms with E-state index in [1.54, 1.807) is 4.90 Å². The maximum absolute atomic E-state index is 12.5. The van der Waals surface area contributed by atoms with Gasteiger partial charge in [0.2, 0.25) is 5.91 Å². The van der Waals surface area contributed by atoms with E-state index in [2.05, 4.69) is 10.6 Å². The lowest BCUT2D eigenvalue weighted by molar-refractivity contribution is -0.119. The van der Waals surface area contributed by atoms with Crippen LogP contribution in [0.3, 0.4) is 0 Å². The smallest absolute Gasteiger partial charge is 0.321 e. The lowest BCUT2D eigenvalue weighted by Crippen LogP contribution is -2.47. The molecule has 0 aromatic heterocycles. The van der Waals surface area contributed by atoms with Gasteiger partial charge in [0.25, 0.3) is 0 Å². The summed E-state index contributed by atoms with van der Waals surface area (Å²) < 4.78 is 0. The molecule has 0 saturated carbocycles. The van der Waals surface area contributed by atoms with Crippen LogP contribution in [0.5, 0.6) is 0 Å². The Morgan fingerprint density at radius 2 is 1.74 bits per heavy atom. The Bertz CT molecular complexity index is 716. The van der Waals surface area contributed by atoms with Crippen molar-refractivity contribution in [3.05, 3.63) is 42.5 Å². The van der Waals surface area contributed by atoms with Crippen molar-refractivity contribution in [2.24, 2.45) is 0 Å². The van der Waals surface area contributed by atoms with Gasteiger partial charge in [-0.2, -0.15) is 0 Å². The molecule has 2 aromatic rings. The molecule has 1 aliphatic heterocycles. The predicted molar refractivity (Wildman–Crippen MR) is 91.4 cm³/mol. The summed E-state index contributed by atoms with van der Waals surface area (Å²) in [7, 11) is 0. The highest BCUT2D eigenvalue weighted by molar-refractivity contribution is 6.01. The van der Waals surface area contributed by atoms with Gasteiger partial charge in [0.1, 0.15) is 0 Å². The third-order valence-corrected chi connectivity index (χ3v) is 4.22. The molecule has 0 aliphatic carbocycles. The Labute approximate surface area is 135 Å². The topological polar surface area (TPSA) is 61.4 Å². The van der Waals surface area contributed by atoms with Gasteiger partial charge in [0, 0.05) is 31.4 Å². The van der Waals surface area contributed by atoms with Crippen LogP contribution in [-0.2, 0) is 4.79 Å². The summed E-state index contributed by atoms with van der Waals surface area (Å²) in [6, 6.07) is 14.0. The van der Waals surface area contributed by atoms with Crippen LogP contribution in [0.25, 0.3) is 10.8 Å². The Morgan fingerprint density at radius 3 is 2.48 bits per heavy atom. The van der Waals surface area contributed by atoms with E-state index < -0.39 is 0 Å². The SMILES string of the molecule is CC(=O)NC1CCN(C(=O)Nc2cccc3ccccc23)CC1. The molecular formula is C18H21N3O2. The van der Waals surface area contributed by atoms with Crippen molar-refractivity contribution >= 4 is 28.4 Å². The fraction of sp³-hybridized carbons (Fsp3) is 0.333. The molecule has 3 amide bonds. The van der Waals surface area contributed by atoms with Gasteiger partial charge < -0.3 is 15.5 Å². The normalized spacial score (nSPS) is 15.4. The molecule has 23 heavy (non-hydrogen) atoms. The molecule has 5 nitrogen and oxygen atoms in total. The van der Waals surface area contributed by atoms with Crippen LogP contribution in [-0.4, -0.2) is 36.0 Å². The second-order valence-electron chi connectivity index (χ2n) is 5.92. The van der Waals surface area contributed by atoms with Crippen molar-refractivity contribution in [3.63, 3.8) is 0 Å². The van der Waals surface area contributed by atoms with Crippen LogP contribution in [0.4, 0.5) is 10.5 Å². The molecule has 120 valence electrons. The fourth-order valence-electron chi connectivity index (χ4n) is 3.04. The second-order valence-corrected chi connectivity index (χ2v) is 5.92. The number of carbonyl (C=O) groups excluding carboxylic acids is 2. The highest BCUT2D eigenvalue weighted by Gasteiger charge is 2.23. The number of nitrogens with zero attached hydrogens (tertiary/aromatic N) is 1. The van der Waals surface area contributed by atoms with E-state index in [0.717, 1.165) is 29.3 Å². The number of piperidine rings is 1. The molecule has 2 aromatic carbocycles. The molecule has 0 bridgehead atoms. The summed E-state index contributed by atoms with van der Waals surface area (Å²) in [6.45, 7) is 2.84. The van der Waals surface area contributed by atoms with Gasteiger partial charge in [-0.25, -0.2) is 4.79 Å². The van der Waals surface area contributed by atoms with Crippen molar-refractivity contribution in [3.8, 4) is 0 Å². The Hall–Kier alpha value is -2.56. The van der Waals surface area contributed by atoms with Gasteiger partial charge in [0.05, 0.1) is 5.69 Å². The van der Waals surface area contributed by atoms with Crippen molar-refractivity contribution in [2.75, 3.05) is 18.4 Å². The molecule has 2 N–H and O–H groups in total. The van der Waals surface area contributed by atoms with E-state index in [1.165, 1.54) is 6.92 Å². The average Bonchev–Trinajstić information content (AvgIpc) is 2.55. The summed E-state index contributed by atoms with van der Waals surface area (Å²) >= 11 is 0. The van der Waals surface area contributed by atoms with E-state index in [9.17, 15) is 9.59 Å². The van der Waals surface area contributed by atoms with Gasteiger partial charge in [-0.05, 0) is 24.3 Å². The minimum Gasteiger partial charge on any atom is -0.353 e. The summed E-state index contributed by atoms with van der Waals surface area (Å²) in [5.74, 6) is -0.0105. The Kier molecular flexibility index (Phi) is 4.46. The predicted octanol–water partition coefficient (Wildman–Crippen LogP) is 2.97. The van der Waals surface area contributed by atoms with Crippen LogP contribution < -0.4 is 10.6 Å². The number of anilines is 1. The molecule has 5 heteroatoms. The molecule has 1 aliphatic rings. The van der Waals surface area contributed by atoms with E-state index in [0.29, 0.717) is 13.1 Å². The van der Waals surface area contributed by atoms with Gasteiger partial charge in [-0.1, -0.05) is 36.4 Å². The van der Waals surface area contributed by atoms with Crippen LogP contribution in [0.15, 0.2) is 42.5 Å². The third kappa shape index (κ3) is 3.62. The first kappa shape index (κ1) is 15.3. The van der Waals surface area contributed by atoms with E-state index >= 15 is 0 Å². The zero-order valence-corrected chi connectivity index (χ0v) is 13.2. The number of rotatable bonds is 2. The van der Waals surface area contributed by atoms with Crippen molar-refractivity contribution in [1.82, 2.24) is 10.2 Å². The highest BCUT2D eigenvalue weighted by Crippen LogP contribution is 2.23. The summed E-state index contributed by atoms with van der Waals surface area (Å²) in [4.78, 5) is 25.4. The van der Waals surface area contributed by atoms with Crippen LogP contribution in [0, 0.1) is 0 Å². The zero-order chi connectivity index (χ0) is 16.2. The first-order chi connectivity index (χ1) is 11.1. The maximum Gasteiger partial charge on any atom is 0.321 e. The number of urea groups is 1. The van der Waals surface area contributed by atoms with Crippen molar-refractivity contribution in [1.29, 1.82) is 0 Å². The van der Waals surface area contributed by atoms with Gasteiger partial charge >= 0.3 is 6.03 Å². The van der Waals surface area contributed by atoms with Gasteiger partial charge in [0.15, 0.2) is 0 Å². The van der Waals surface area contributed by atoms with Crippen molar-refractivity contribution in [2.45, 2.75) is 25.8 Å². The summed E-state index contributed by atoms with van der Waals surface area (Å²) in [5.41, 5.74) is 0.831. The van der Waals surface area contributed by atoms with Crippen molar-refractivity contribution < 1.29 is 9.59 Å². The number of hydrogen-bond donors (Lipinski definition) is 2. The number of benzene rings is 2. The minimum absolute atomic E-state index is 0.0105. The van der Waals surface area contributed by atoms with E-state index in [4.69, 9.17) is 0 Å². The minimum atomic E-state index is -0.0809. The maximum atomic E-state index is 12.5. The molecule has 3 rings (SSSR count). The third-order valence-electron chi connectivity index (χ3n) is 4.22. The fourth-order valence-corrected chi connectivity index (χ4v) is 3.04. The second kappa shape index (κ2) is 6.69. The monoisotopic (exact) mass is 311 g/mol. The molecule has 1 fully saturated rings. The molecule has 0 radical (unpaired) electrons. The molecule has 0 atom stereocenters. The number of fused-ring (bicyclic) bond motifs is 1. The Balaban J connectivity index is 1.64. The first-order valence-corrected chi connectivity index (χ1v) is 7.94. The number of amides is 3. The summed E-state index contributed by atoms with van der Waals surface area (Å²) in [5, 5.41) is 8.07. The highest BCUT2D eigenvalue weighted by atomic mass is 16.2. The molecule has 0 unspecified atom stereocenters.